The van der Waals surface area contributed by atoms with Gasteiger partial charge in [-0.3, -0.25) is 14.6 Å². The number of likely N-dealkylation sites (tertiary alicyclic amines) is 1. The van der Waals surface area contributed by atoms with Crippen molar-refractivity contribution in [2.24, 2.45) is 0 Å². The molecular weight excluding hydrogens is 342 g/mol. The van der Waals surface area contributed by atoms with E-state index in [-0.39, 0.29) is 18.4 Å². The lowest BCUT2D eigenvalue weighted by atomic mass is 10.2. The van der Waals surface area contributed by atoms with Gasteiger partial charge in [-0.05, 0) is 54.8 Å². The van der Waals surface area contributed by atoms with Crippen LogP contribution in [0.4, 0.5) is 5.69 Å². The van der Waals surface area contributed by atoms with Crippen LogP contribution in [0.5, 0.6) is 5.75 Å². The molecule has 2 amide bonds. The number of pyridine rings is 1. The topological polar surface area (TPSA) is 71.5 Å². The first kappa shape index (κ1) is 18.9. The lowest BCUT2D eigenvalue weighted by Crippen LogP contribution is -2.37. The van der Waals surface area contributed by atoms with Crippen LogP contribution in [0, 0.1) is 0 Å². The lowest BCUT2D eigenvalue weighted by molar-refractivity contribution is -0.134. The minimum absolute atomic E-state index is 0.0700. The van der Waals surface area contributed by atoms with Crippen LogP contribution in [-0.4, -0.2) is 41.4 Å². The smallest absolute Gasteiger partial charge is 0.243 e. The molecule has 1 aliphatic rings. The van der Waals surface area contributed by atoms with E-state index in [9.17, 15) is 9.59 Å². The highest BCUT2D eigenvalue weighted by atomic mass is 16.5. The summed E-state index contributed by atoms with van der Waals surface area (Å²) in [5.41, 5.74) is 1.88. The standard InChI is InChI=1S/C21H25N3O3/c25-20(16-24-14-3-1-2-4-21(24)26)23-18-5-7-19(8-6-18)27-15-11-17-9-12-22-13-10-17/h5-10,12-13H,1-4,11,14-16H2,(H,23,25). The Hall–Kier alpha value is -2.89. The van der Waals surface area contributed by atoms with E-state index in [0.29, 0.717) is 25.3 Å². The van der Waals surface area contributed by atoms with Gasteiger partial charge in [0.25, 0.3) is 0 Å². The van der Waals surface area contributed by atoms with Crippen LogP contribution < -0.4 is 10.1 Å². The molecule has 6 nitrogen and oxygen atoms in total. The SMILES string of the molecule is O=C(CN1CCCCCC1=O)Nc1ccc(OCCc2ccncc2)cc1. The Kier molecular flexibility index (Phi) is 6.79. The summed E-state index contributed by atoms with van der Waals surface area (Å²) in [6.07, 6.45) is 7.82. The Balaban J connectivity index is 1.44. The van der Waals surface area contributed by atoms with E-state index in [1.54, 1.807) is 17.3 Å². The summed E-state index contributed by atoms with van der Waals surface area (Å²) in [6.45, 7) is 1.35. The number of hydrogen-bond donors (Lipinski definition) is 1. The van der Waals surface area contributed by atoms with Gasteiger partial charge in [0.1, 0.15) is 5.75 Å². The van der Waals surface area contributed by atoms with Gasteiger partial charge in [0.15, 0.2) is 0 Å². The zero-order valence-electron chi connectivity index (χ0n) is 15.4. The van der Waals surface area contributed by atoms with Crippen molar-refractivity contribution in [3.8, 4) is 5.75 Å². The Morgan fingerprint density at radius 2 is 1.85 bits per heavy atom. The highest BCUT2D eigenvalue weighted by molar-refractivity contribution is 5.94. The molecule has 1 aromatic heterocycles. The van der Waals surface area contributed by atoms with Crippen molar-refractivity contribution in [1.29, 1.82) is 0 Å². The molecule has 1 aliphatic heterocycles. The average Bonchev–Trinajstić information content (AvgIpc) is 2.88. The number of carbonyl (C=O) groups is 2. The average molecular weight is 367 g/mol. The summed E-state index contributed by atoms with van der Waals surface area (Å²) in [5.74, 6) is 0.655. The molecule has 1 saturated heterocycles. The van der Waals surface area contributed by atoms with Gasteiger partial charge in [-0.2, -0.15) is 0 Å². The molecule has 142 valence electrons. The summed E-state index contributed by atoms with van der Waals surface area (Å²) < 4.78 is 5.73. The van der Waals surface area contributed by atoms with Crippen LogP contribution in [0.3, 0.4) is 0 Å². The number of ether oxygens (including phenoxy) is 1. The minimum atomic E-state index is -0.170. The Labute approximate surface area is 159 Å². The number of nitrogens with zero attached hydrogens (tertiary/aromatic N) is 2. The number of aromatic nitrogens is 1. The van der Waals surface area contributed by atoms with E-state index in [4.69, 9.17) is 4.74 Å². The van der Waals surface area contributed by atoms with Crippen LogP contribution >= 0.6 is 0 Å². The fraction of sp³-hybridized carbons (Fsp3) is 0.381. The van der Waals surface area contributed by atoms with Crippen LogP contribution in [0.2, 0.25) is 0 Å². The van der Waals surface area contributed by atoms with E-state index >= 15 is 0 Å². The van der Waals surface area contributed by atoms with Crippen LogP contribution in [0.25, 0.3) is 0 Å². The van der Waals surface area contributed by atoms with Crippen molar-refractivity contribution in [3.63, 3.8) is 0 Å². The number of carbonyl (C=O) groups excluding carboxylic acids is 2. The Morgan fingerprint density at radius 1 is 1.07 bits per heavy atom. The first-order valence-corrected chi connectivity index (χ1v) is 9.40. The second-order valence-electron chi connectivity index (χ2n) is 6.65. The van der Waals surface area contributed by atoms with E-state index in [2.05, 4.69) is 10.3 Å². The van der Waals surface area contributed by atoms with Crippen LogP contribution in [-0.2, 0) is 16.0 Å². The summed E-state index contributed by atoms with van der Waals surface area (Å²) in [7, 11) is 0. The quantitative estimate of drug-likeness (QED) is 0.816. The maximum absolute atomic E-state index is 12.2. The number of nitrogens with one attached hydrogen (secondary N) is 1. The molecule has 0 saturated carbocycles. The highest BCUT2D eigenvalue weighted by Crippen LogP contribution is 2.17. The Morgan fingerprint density at radius 3 is 2.63 bits per heavy atom. The zero-order valence-corrected chi connectivity index (χ0v) is 15.4. The number of anilines is 1. The minimum Gasteiger partial charge on any atom is -0.493 e. The first-order chi connectivity index (χ1) is 13.2. The van der Waals surface area contributed by atoms with Gasteiger partial charge in [-0.15, -0.1) is 0 Å². The monoisotopic (exact) mass is 367 g/mol. The number of rotatable bonds is 7. The second-order valence-corrected chi connectivity index (χ2v) is 6.65. The van der Waals surface area contributed by atoms with Gasteiger partial charge < -0.3 is 15.0 Å². The van der Waals surface area contributed by atoms with Crippen molar-refractivity contribution in [1.82, 2.24) is 9.88 Å². The van der Waals surface area contributed by atoms with Crippen molar-refractivity contribution in [3.05, 3.63) is 54.4 Å². The van der Waals surface area contributed by atoms with Gasteiger partial charge >= 0.3 is 0 Å². The third-order valence-corrected chi connectivity index (χ3v) is 4.55. The van der Waals surface area contributed by atoms with Crippen molar-refractivity contribution in [2.75, 3.05) is 25.0 Å². The molecule has 2 heterocycles. The summed E-state index contributed by atoms with van der Waals surface area (Å²) in [5, 5.41) is 2.84. The highest BCUT2D eigenvalue weighted by Gasteiger charge is 2.19. The van der Waals surface area contributed by atoms with E-state index in [1.165, 1.54) is 5.56 Å². The number of hydrogen-bond acceptors (Lipinski definition) is 4. The molecule has 0 bridgehead atoms. The van der Waals surface area contributed by atoms with Crippen LogP contribution in [0.15, 0.2) is 48.8 Å². The summed E-state index contributed by atoms with van der Waals surface area (Å²) >= 11 is 0. The molecule has 6 heteroatoms. The summed E-state index contributed by atoms with van der Waals surface area (Å²) in [4.78, 5) is 29.8. The Bertz CT molecular complexity index is 747. The molecule has 0 atom stereocenters. The third-order valence-electron chi connectivity index (χ3n) is 4.55. The predicted molar refractivity (Wildman–Crippen MR) is 104 cm³/mol. The van der Waals surface area contributed by atoms with Crippen LogP contribution in [0.1, 0.15) is 31.2 Å². The van der Waals surface area contributed by atoms with Crippen molar-refractivity contribution in [2.45, 2.75) is 32.1 Å². The van der Waals surface area contributed by atoms with Gasteiger partial charge in [-0.25, -0.2) is 0 Å². The molecule has 1 N–H and O–H groups in total. The first-order valence-electron chi connectivity index (χ1n) is 9.40. The largest absolute Gasteiger partial charge is 0.493 e. The van der Waals surface area contributed by atoms with Crippen molar-refractivity contribution < 1.29 is 14.3 Å². The predicted octanol–water partition coefficient (Wildman–Crippen LogP) is 3.04. The lowest BCUT2D eigenvalue weighted by Gasteiger charge is -2.19. The number of benzene rings is 1. The zero-order chi connectivity index (χ0) is 18.9. The van der Waals surface area contributed by atoms with Gasteiger partial charge in [-0.1, -0.05) is 6.42 Å². The van der Waals surface area contributed by atoms with E-state index in [1.807, 2.05) is 36.4 Å². The molecule has 0 radical (unpaired) electrons. The summed E-state index contributed by atoms with van der Waals surface area (Å²) in [6, 6.07) is 11.2. The fourth-order valence-electron chi connectivity index (χ4n) is 3.05. The number of amides is 2. The maximum Gasteiger partial charge on any atom is 0.243 e. The van der Waals surface area contributed by atoms with E-state index in [0.717, 1.165) is 31.4 Å². The molecule has 0 spiro atoms. The maximum atomic E-state index is 12.2. The van der Waals surface area contributed by atoms with E-state index < -0.39 is 0 Å². The second kappa shape index (κ2) is 9.71. The third kappa shape index (κ3) is 6.09. The molecule has 3 rings (SSSR count). The molecule has 27 heavy (non-hydrogen) atoms. The molecule has 2 aromatic rings. The van der Waals surface area contributed by atoms with Gasteiger partial charge in [0.2, 0.25) is 11.8 Å². The molecule has 0 unspecified atom stereocenters. The molecule has 1 fully saturated rings. The molecular formula is C21H25N3O3. The normalized spacial score (nSPS) is 14.5. The van der Waals surface area contributed by atoms with Crippen molar-refractivity contribution >= 4 is 17.5 Å². The molecule has 1 aromatic carbocycles. The fourth-order valence-corrected chi connectivity index (χ4v) is 3.05. The van der Waals surface area contributed by atoms with Gasteiger partial charge in [0.05, 0.1) is 13.2 Å². The molecule has 0 aliphatic carbocycles. The van der Waals surface area contributed by atoms with Gasteiger partial charge in [0, 0.05) is 37.5 Å².